The molecule has 0 bridgehead atoms. The standard InChI is InChI=1S/C19H20N6O/c1-25-11-16(18-22-12-23-24-18)15-10-14(2-3-17(15)25)19(26)21-9-6-13-4-7-20-8-5-13/h2-5,7-8,10,12,16H,6,9,11H2,1H3,(H,21,26)(H,22,23,24). The van der Waals surface area contributed by atoms with Gasteiger partial charge < -0.3 is 10.2 Å². The van der Waals surface area contributed by atoms with Crippen LogP contribution in [0.15, 0.2) is 49.1 Å². The summed E-state index contributed by atoms with van der Waals surface area (Å²) in [6.07, 6.45) is 5.82. The van der Waals surface area contributed by atoms with E-state index in [1.165, 1.54) is 6.33 Å². The van der Waals surface area contributed by atoms with Crippen LogP contribution in [-0.2, 0) is 6.42 Å². The number of H-pyrrole nitrogens is 1. The van der Waals surface area contributed by atoms with Crippen molar-refractivity contribution in [1.82, 2.24) is 25.5 Å². The van der Waals surface area contributed by atoms with E-state index in [2.05, 4.69) is 30.4 Å². The van der Waals surface area contributed by atoms with Gasteiger partial charge in [-0.05, 0) is 47.9 Å². The van der Waals surface area contributed by atoms with Crippen molar-refractivity contribution in [3.05, 3.63) is 71.6 Å². The lowest BCUT2D eigenvalue weighted by Crippen LogP contribution is -2.25. The number of carbonyl (C=O) groups excluding carboxylic acids is 1. The van der Waals surface area contributed by atoms with E-state index < -0.39 is 0 Å². The molecular formula is C19H20N6O. The molecule has 132 valence electrons. The van der Waals surface area contributed by atoms with Gasteiger partial charge in [-0.1, -0.05) is 0 Å². The van der Waals surface area contributed by atoms with Gasteiger partial charge in [0.15, 0.2) is 0 Å². The SMILES string of the molecule is CN1CC(c2ncn[nH]2)c2cc(C(=O)NCCc3ccncc3)ccc21. The van der Waals surface area contributed by atoms with Crippen LogP contribution >= 0.6 is 0 Å². The summed E-state index contributed by atoms with van der Waals surface area (Å²) in [6.45, 7) is 1.41. The van der Waals surface area contributed by atoms with Crippen molar-refractivity contribution >= 4 is 11.6 Å². The first-order valence-electron chi connectivity index (χ1n) is 8.60. The molecule has 1 aliphatic rings. The van der Waals surface area contributed by atoms with E-state index in [4.69, 9.17) is 0 Å². The Bertz CT molecular complexity index is 894. The number of carbonyl (C=O) groups is 1. The topological polar surface area (TPSA) is 86.8 Å². The maximum Gasteiger partial charge on any atom is 0.251 e. The Morgan fingerprint density at radius 1 is 1.31 bits per heavy atom. The molecule has 26 heavy (non-hydrogen) atoms. The second-order valence-corrected chi connectivity index (χ2v) is 6.44. The van der Waals surface area contributed by atoms with Crippen molar-refractivity contribution in [1.29, 1.82) is 0 Å². The summed E-state index contributed by atoms with van der Waals surface area (Å²) in [5.41, 5.74) is 4.05. The van der Waals surface area contributed by atoms with Crippen molar-refractivity contribution in [2.75, 3.05) is 25.0 Å². The highest BCUT2D eigenvalue weighted by molar-refractivity contribution is 5.95. The number of fused-ring (bicyclic) bond motifs is 1. The van der Waals surface area contributed by atoms with Crippen molar-refractivity contribution in [2.24, 2.45) is 0 Å². The number of hydrogen-bond acceptors (Lipinski definition) is 5. The third-order valence-corrected chi connectivity index (χ3v) is 4.75. The molecule has 0 radical (unpaired) electrons. The quantitative estimate of drug-likeness (QED) is 0.734. The van der Waals surface area contributed by atoms with Gasteiger partial charge in [-0.3, -0.25) is 14.9 Å². The molecule has 1 unspecified atom stereocenters. The fraction of sp³-hybridized carbons (Fsp3) is 0.263. The van der Waals surface area contributed by atoms with E-state index in [1.807, 2.05) is 37.4 Å². The third kappa shape index (κ3) is 3.15. The van der Waals surface area contributed by atoms with Crippen LogP contribution in [0.25, 0.3) is 0 Å². The summed E-state index contributed by atoms with van der Waals surface area (Å²) < 4.78 is 0. The minimum atomic E-state index is -0.0623. The Labute approximate surface area is 151 Å². The van der Waals surface area contributed by atoms with Crippen molar-refractivity contribution < 1.29 is 4.79 Å². The van der Waals surface area contributed by atoms with Crippen LogP contribution in [-0.4, -0.2) is 46.2 Å². The third-order valence-electron chi connectivity index (χ3n) is 4.75. The Kier molecular flexibility index (Phi) is 4.35. The maximum atomic E-state index is 12.5. The number of aromatic amines is 1. The minimum absolute atomic E-state index is 0.0623. The van der Waals surface area contributed by atoms with E-state index in [-0.39, 0.29) is 11.8 Å². The van der Waals surface area contributed by atoms with Crippen LogP contribution in [0.4, 0.5) is 5.69 Å². The number of rotatable bonds is 5. The molecule has 0 fully saturated rings. The molecule has 2 aromatic heterocycles. The van der Waals surface area contributed by atoms with Crippen LogP contribution in [0, 0.1) is 0 Å². The summed E-state index contributed by atoms with van der Waals surface area (Å²) in [5.74, 6) is 0.862. The normalized spacial score (nSPS) is 15.7. The monoisotopic (exact) mass is 348 g/mol. The van der Waals surface area contributed by atoms with Crippen LogP contribution in [0.2, 0.25) is 0 Å². The van der Waals surface area contributed by atoms with Gasteiger partial charge in [-0.25, -0.2) is 4.98 Å². The highest BCUT2D eigenvalue weighted by atomic mass is 16.1. The molecule has 2 N–H and O–H groups in total. The summed E-state index contributed by atoms with van der Waals surface area (Å²) in [6, 6.07) is 9.76. The van der Waals surface area contributed by atoms with Gasteiger partial charge >= 0.3 is 0 Å². The zero-order valence-corrected chi connectivity index (χ0v) is 14.5. The van der Waals surface area contributed by atoms with Crippen LogP contribution in [0.1, 0.15) is 33.2 Å². The zero-order chi connectivity index (χ0) is 17.9. The molecular weight excluding hydrogens is 328 g/mol. The lowest BCUT2D eigenvalue weighted by atomic mass is 9.98. The van der Waals surface area contributed by atoms with Crippen molar-refractivity contribution in [2.45, 2.75) is 12.3 Å². The Morgan fingerprint density at radius 2 is 2.15 bits per heavy atom. The molecule has 7 nitrogen and oxygen atoms in total. The number of aromatic nitrogens is 4. The average Bonchev–Trinajstić information content (AvgIpc) is 3.30. The van der Waals surface area contributed by atoms with Gasteiger partial charge in [0.1, 0.15) is 12.2 Å². The fourth-order valence-electron chi connectivity index (χ4n) is 3.38. The van der Waals surface area contributed by atoms with Gasteiger partial charge in [0.25, 0.3) is 5.91 Å². The molecule has 1 aromatic carbocycles. The first-order valence-corrected chi connectivity index (χ1v) is 8.60. The largest absolute Gasteiger partial charge is 0.373 e. The Balaban J connectivity index is 1.48. The molecule has 0 saturated carbocycles. The second kappa shape index (κ2) is 6.95. The van der Waals surface area contributed by atoms with Crippen LogP contribution < -0.4 is 10.2 Å². The maximum absolute atomic E-state index is 12.5. The number of pyridine rings is 1. The summed E-state index contributed by atoms with van der Waals surface area (Å²) in [7, 11) is 2.05. The number of hydrogen-bond donors (Lipinski definition) is 2. The fourth-order valence-corrected chi connectivity index (χ4v) is 3.38. The van der Waals surface area contributed by atoms with E-state index >= 15 is 0 Å². The Morgan fingerprint density at radius 3 is 2.92 bits per heavy atom. The van der Waals surface area contributed by atoms with Gasteiger partial charge in [-0.15, -0.1) is 0 Å². The zero-order valence-electron chi connectivity index (χ0n) is 14.5. The number of nitrogens with zero attached hydrogens (tertiary/aromatic N) is 4. The van der Waals surface area contributed by atoms with Crippen LogP contribution in [0.5, 0.6) is 0 Å². The van der Waals surface area contributed by atoms with Crippen LogP contribution in [0.3, 0.4) is 0 Å². The number of anilines is 1. The molecule has 0 aliphatic carbocycles. The minimum Gasteiger partial charge on any atom is -0.373 e. The molecule has 1 atom stereocenters. The molecule has 3 heterocycles. The predicted molar refractivity (Wildman–Crippen MR) is 98.2 cm³/mol. The second-order valence-electron chi connectivity index (χ2n) is 6.44. The van der Waals surface area contributed by atoms with E-state index in [0.717, 1.165) is 35.6 Å². The van der Waals surface area contributed by atoms with E-state index in [9.17, 15) is 4.79 Å². The first kappa shape index (κ1) is 16.3. The molecule has 3 aromatic rings. The Hall–Kier alpha value is -3.22. The molecule has 1 amide bonds. The highest BCUT2D eigenvalue weighted by Gasteiger charge is 2.30. The molecule has 0 saturated heterocycles. The van der Waals surface area contributed by atoms with Gasteiger partial charge in [0.2, 0.25) is 0 Å². The summed E-state index contributed by atoms with van der Waals surface area (Å²) >= 11 is 0. The van der Waals surface area contributed by atoms with E-state index in [1.54, 1.807) is 12.4 Å². The first-order chi connectivity index (χ1) is 12.7. The summed E-state index contributed by atoms with van der Waals surface area (Å²) in [4.78, 5) is 23.0. The van der Waals surface area contributed by atoms with Gasteiger partial charge in [-0.2, -0.15) is 5.10 Å². The predicted octanol–water partition coefficient (Wildman–Crippen LogP) is 1.75. The van der Waals surface area contributed by atoms with Gasteiger partial charge in [0.05, 0.1) is 5.92 Å². The molecule has 1 aliphatic heterocycles. The molecule has 7 heteroatoms. The van der Waals surface area contributed by atoms with Crippen molar-refractivity contribution in [3.8, 4) is 0 Å². The van der Waals surface area contributed by atoms with Gasteiger partial charge in [0, 0.05) is 43.8 Å². The highest BCUT2D eigenvalue weighted by Crippen LogP contribution is 2.38. The molecule has 4 rings (SSSR count). The number of likely N-dealkylation sites (N-methyl/N-ethyl adjacent to an activating group) is 1. The van der Waals surface area contributed by atoms with E-state index in [0.29, 0.717) is 12.1 Å². The van der Waals surface area contributed by atoms with Crippen molar-refractivity contribution in [3.63, 3.8) is 0 Å². The molecule has 0 spiro atoms. The number of amides is 1. The lowest BCUT2D eigenvalue weighted by Gasteiger charge is -2.12. The average molecular weight is 348 g/mol. The lowest BCUT2D eigenvalue weighted by molar-refractivity contribution is 0.0954. The number of benzene rings is 1. The number of nitrogens with one attached hydrogen (secondary N) is 2. The smallest absolute Gasteiger partial charge is 0.251 e. The summed E-state index contributed by atoms with van der Waals surface area (Å²) in [5, 5.41) is 9.89.